The number of imidazole rings is 1. The molecule has 1 fully saturated rings. The molecule has 0 radical (unpaired) electrons. The number of likely N-dealkylation sites (tertiary alicyclic amines) is 1. The minimum atomic E-state index is -5.08. The summed E-state index contributed by atoms with van der Waals surface area (Å²) in [6.45, 7) is 9.12. The third kappa shape index (κ3) is 24.0. The third-order valence-electron chi connectivity index (χ3n) is 14.9. The van der Waals surface area contributed by atoms with Crippen LogP contribution in [0.1, 0.15) is 95.5 Å². The molecule has 504 valence electrons. The van der Waals surface area contributed by atoms with Crippen LogP contribution < -0.4 is 54.4 Å². The van der Waals surface area contributed by atoms with Crippen LogP contribution in [0.4, 0.5) is 13.2 Å². The Morgan fingerprint density at radius 3 is 1.66 bits per heavy atom. The molecule has 5 aromatic rings. The van der Waals surface area contributed by atoms with E-state index in [0.717, 1.165) is 16.5 Å². The molecule has 27 nitrogen and oxygen atoms in total. The maximum atomic E-state index is 15.0. The highest BCUT2D eigenvalue weighted by Crippen LogP contribution is 2.24. The second-order valence-electron chi connectivity index (χ2n) is 23.5. The number of aromatic amines is 2. The quantitative estimate of drug-likeness (QED) is 0.0166. The number of aliphatic imine (C=N–C) groups is 1. The molecule has 93 heavy (non-hydrogen) atoms. The molecule has 1 aliphatic rings. The number of carboxylic acid groups (broad SMARTS) is 2. The van der Waals surface area contributed by atoms with E-state index in [1.807, 2.05) is 70.2 Å². The Bertz CT molecular complexity index is 3340. The first kappa shape index (κ1) is 73.9. The molecule has 0 unspecified atom stereocenters. The van der Waals surface area contributed by atoms with Crippen molar-refractivity contribution in [3.8, 4) is 0 Å². The summed E-state index contributed by atoms with van der Waals surface area (Å²) < 4.78 is 31.7. The van der Waals surface area contributed by atoms with Gasteiger partial charge in [0.1, 0.15) is 48.3 Å². The molecule has 9 atom stereocenters. The predicted octanol–water partition coefficient (Wildman–Crippen LogP) is 1.76. The summed E-state index contributed by atoms with van der Waals surface area (Å²) >= 11 is 0. The minimum Gasteiger partial charge on any atom is -0.480 e. The van der Waals surface area contributed by atoms with E-state index in [0.29, 0.717) is 23.2 Å². The minimum absolute atomic E-state index is 0.0294. The maximum Gasteiger partial charge on any atom is 0.490 e. The van der Waals surface area contributed by atoms with Gasteiger partial charge in [-0.1, -0.05) is 107 Å². The molecule has 17 N–H and O–H groups in total. The molecular formula is C63H84F3N15O12. The van der Waals surface area contributed by atoms with Gasteiger partial charge in [0.15, 0.2) is 5.96 Å². The van der Waals surface area contributed by atoms with Crippen molar-refractivity contribution in [2.75, 3.05) is 13.1 Å². The van der Waals surface area contributed by atoms with Crippen LogP contribution in [-0.4, -0.2) is 169 Å². The molecule has 0 spiro atoms. The molecule has 30 heteroatoms. The highest BCUT2D eigenvalue weighted by Gasteiger charge is 2.41. The van der Waals surface area contributed by atoms with E-state index in [4.69, 9.17) is 27.1 Å². The Hall–Kier alpha value is -9.87. The molecule has 0 aliphatic carbocycles. The standard InChI is InChI=1S/C61H83N15O10.C2HF3O2/c1-35(2)26-45(54(79)75-50(60(85)86)29-39-18-10-7-11-19-39)71-53(78)44(22-14-24-66-61(63)64)69-57(82)48(31-41-33-65-34-68-41)72-56(81)47(30-40-32-67-43-21-13-12-20-42(40)43)73-58(83)51-23-15-25-76(51)59(84)49(27-36(3)4)74-55(80)46(70-52(77)37(5)62)28-38-16-8-6-9-17-38;3-2(4,5)1(6)7/h6-13,16-21,32-37,44-51,67H,14-15,22-31,62H2,1-5H3,(H,65,68)(H,69,82)(H,70,77)(H,71,78)(H,72,81)(H,73,83)(H,74,80)(H,75,79)(H,85,86)(H4,63,64,66);(H,6,7)/t37-,44-,45-,46-,47-,48-,49-,50-,51-;/m0./s1. The van der Waals surface area contributed by atoms with Gasteiger partial charge in [0.2, 0.25) is 47.3 Å². The summed E-state index contributed by atoms with van der Waals surface area (Å²) in [7, 11) is 0. The summed E-state index contributed by atoms with van der Waals surface area (Å²) in [5.74, 6) is -10.1. The van der Waals surface area contributed by atoms with Crippen molar-refractivity contribution in [3.05, 3.63) is 126 Å². The molecule has 1 saturated heterocycles. The monoisotopic (exact) mass is 1300 g/mol. The summed E-state index contributed by atoms with van der Waals surface area (Å²) in [4.78, 5) is 152. The van der Waals surface area contributed by atoms with E-state index in [1.54, 1.807) is 48.7 Å². The number of fused-ring (bicyclic) bond motifs is 1. The molecule has 3 heterocycles. The second kappa shape index (κ2) is 35.7. The number of alkyl halides is 3. The highest BCUT2D eigenvalue weighted by molar-refractivity contribution is 5.99. The van der Waals surface area contributed by atoms with Gasteiger partial charge in [-0.15, -0.1) is 0 Å². The number of para-hydroxylation sites is 1. The topological polar surface area (TPSA) is 433 Å². The Labute approximate surface area is 535 Å². The van der Waals surface area contributed by atoms with Gasteiger partial charge in [0, 0.05) is 67.8 Å². The summed E-state index contributed by atoms with van der Waals surface area (Å²) in [6.07, 6.45) is 0.294. The van der Waals surface area contributed by atoms with Crippen molar-refractivity contribution in [3.63, 3.8) is 0 Å². The van der Waals surface area contributed by atoms with Gasteiger partial charge in [-0.25, -0.2) is 14.6 Å². The van der Waals surface area contributed by atoms with Gasteiger partial charge in [-0.05, 0) is 80.0 Å². The lowest BCUT2D eigenvalue weighted by Crippen LogP contribution is -2.61. The van der Waals surface area contributed by atoms with Crippen LogP contribution in [0.15, 0.2) is 109 Å². The van der Waals surface area contributed by atoms with Crippen LogP contribution in [0.5, 0.6) is 0 Å². The van der Waals surface area contributed by atoms with E-state index in [-0.39, 0.29) is 88.7 Å². The van der Waals surface area contributed by atoms with Gasteiger partial charge in [0.25, 0.3) is 0 Å². The molecule has 1 aliphatic heterocycles. The zero-order valence-corrected chi connectivity index (χ0v) is 52.3. The van der Waals surface area contributed by atoms with Crippen LogP contribution in [0, 0.1) is 11.8 Å². The SMILES string of the molecule is CC(C)C[C@H](NC(=O)[C@H](CCCN=C(N)N)NC(=O)[C@H](Cc1cnc[nH]1)NC(=O)[C@H](Cc1c[nH]c2ccccc12)NC(=O)[C@@H]1CCCN1C(=O)[C@H](CC(C)C)NC(=O)[C@H](Cc1ccccc1)NC(=O)[C@H](C)N)C(=O)N[C@@H](Cc1ccccc1)C(=O)O.O=C(O)C(F)(F)F. The molecule has 6 rings (SSSR count). The van der Waals surface area contributed by atoms with E-state index in [9.17, 15) is 56.6 Å². The number of halogens is 3. The summed E-state index contributed by atoms with van der Waals surface area (Å²) in [5, 5.41) is 37.4. The number of aliphatic carboxylic acids is 2. The van der Waals surface area contributed by atoms with Crippen molar-refractivity contribution in [2.24, 2.45) is 34.0 Å². The molecule has 0 saturated carbocycles. The Kier molecular flexibility index (Phi) is 28.3. The van der Waals surface area contributed by atoms with Crippen LogP contribution in [0.3, 0.4) is 0 Å². The second-order valence-corrected chi connectivity index (χ2v) is 23.5. The molecule has 0 bridgehead atoms. The zero-order chi connectivity index (χ0) is 68.5. The number of hydrogen-bond acceptors (Lipinski definition) is 13. The van der Waals surface area contributed by atoms with Crippen LogP contribution in [0.2, 0.25) is 0 Å². The smallest absolute Gasteiger partial charge is 0.480 e. The average molecular weight is 1300 g/mol. The fourth-order valence-electron chi connectivity index (χ4n) is 10.3. The molecule has 2 aromatic heterocycles. The van der Waals surface area contributed by atoms with Crippen molar-refractivity contribution < 1.29 is 71.3 Å². The first-order valence-corrected chi connectivity index (χ1v) is 30.4. The van der Waals surface area contributed by atoms with Crippen LogP contribution >= 0.6 is 0 Å². The van der Waals surface area contributed by atoms with E-state index >= 15 is 4.79 Å². The number of aromatic nitrogens is 3. The number of H-pyrrole nitrogens is 2. The maximum absolute atomic E-state index is 15.0. The van der Waals surface area contributed by atoms with Crippen molar-refractivity contribution >= 4 is 76.1 Å². The van der Waals surface area contributed by atoms with E-state index < -0.39 is 120 Å². The van der Waals surface area contributed by atoms with E-state index in [2.05, 4.69) is 57.2 Å². The number of guanidine groups is 1. The number of nitrogens with one attached hydrogen (secondary N) is 9. The largest absolute Gasteiger partial charge is 0.490 e. The number of carboxylic acids is 2. The molecular weight excluding hydrogens is 1220 g/mol. The summed E-state index contributed by atoms with van der Waals surface area (Å²) in [6, 6.07) is 14.2. The number of nitrogens with zero attached hydrogens (tertiary/aromatic N) is 3. The zero-order valence-electron chi connectivity index (χ0n) is 52.3. The average Bonchev–Trinajstić information content (AvgIpc) is 1.77. The van der Waals surface area contributed by atoms with Crippen molar-refractivity contribution in [1.29, 1.82) is 0 Å². The third-order valence-corrected chi connectivity index (χ3v) is 14.9. The Balaban J connectivity index is 0.00000211. The lowest BCUT2D eigenvalue weighted by Gasteiger charge is -2.31. The molecule has 8 amide bonds. The lowest BCUT2D eigenvalue weighted by atomic mass is 10.00. The van der Waals surface area contributed by atoms with Gasteiger partial charge in [0.05, 0.1) is 12.4 Å². The van der Waals surface area contributed by atoms with Gasteiger partial charge in [-0.2, -0.15) is 13.2 Å². The number of carbonyl (C=O) groups excluding carboxylic acids is 8. The number of nitrogens with two attached hydrogens (primary N) is 3. The number of benzene rings is 3. The van der Waals surface area contributed by atoms with E-state index in [1.165, 1.54) is 24.3 Å². The predicted molar refractivity (Wildman–Crippen MR) is 337 cm³/mol. The number of carbonyl (C=O) groups is 10. The van der Waals surface area contributed by atoms with Crippen LogP contribution in [0.25, 0.3) is 10.9 Å². The Morgan fingerprint density at radius 1 is 0.624 bits per heavy atom. The number of rotatable bonds is 32. The lowest BCUT2D eigenvalue weighted by molar-refractivity contribution is -0.192. The fraction of sp³-hybridized carbons (Fsp3) is 0.460. The van der Waals surface area contributed by atoms with Gasteiger partial charge >= 0.3 is 18.1 Å². The normalized spacial score (nSPS) is 15.5. The van der Waals surface area contributed by atoms with Crippen molar-refractivity contribution in [2.45, 2.75) is 159 Å². The fourth-order valence-corrected chi connectivity index (χ4v) is 10.3. The highest BCUT2D eigenvalue weighted by atomic mass is 19.4. The molecule has 3 aromatic carbocycles. The number of amides is 8. The first-order chi connectivity index (χ1) is 44.0. The summed E-state index contributed by atoms with van der Waals surface area (Å²) in [5.41, 5.74) is 20.3. The first-order valence-electron chi connectivity index (χ1n) is 30.4. The van der Waals surface area contributed by atoms with Gasteiger partial charge < -0.3 is 79.5 Å². The number of hydrogen-bond donors (Lipinski definition) is 14. The van der Waals surface area contributed by atoms with Crippen LogP contribution in [-0.2, 0) is 73.6 Å². The Morgan fingerprint density at radius 2 is 1.11 bits per heavy atom. The van der Waals surface area contributed by atoms with Crippen molar-refractivity contribution in [1.82, 2.24) is 57.1 Å². The van der Waals surface area contributed by atoms with Gasteiger partial charge in [-0.3, -0.25) is 43.3 Å².